The average Bonchev–Trinajstić information content (AvgIpc) is 2.50. The molecule has 0 spiro atoms. The number of anilines is 1. The standard InChI is InChI=1S/C14H20ClN3/c1-2-10-6-12(8-17-14(10)15)18-5-3-4-11-7-16-13(11)9-18/h6,8,11,13,16H,2-5,7,9H2,1H3/t11-,13-/m0/s1. The van der Waals surface area contributed by atoms with Crippen LogP contribution in [0.25, 0.3) is 0 Å². The predicted molar refractivity (Wildman–Crippen MR) is 75.4 cm³/mol. The molecule has 18 heavy (non-hydrogen) atoms. The Hall–Kier alpha value is -0.800. The van der Waals surface area contributed by atoms with Gasteiger partial charge in [0.1, 0.15) is 5.15 Å². The van der Waals surface area contributed by atoms with E-state index in [1.807, 2.05) is 6.20 Å². The Bertz CT molecular complexity index is 435. The van der Waals surface area contributed by atoms with Gasteiger partial charge in [0.15, 0.2) is 0 Å². The van der Waals surface area contributed by atoms with Crippen molar-refractivity contribution in [1.29, 1.82) is 0 Å². The predicted octanol–water partition coefficient (Wildman–Crippen LogP) is 2.49. The highest BCUT2D eigenvalue weighted by Gasteiger charge is 2.33. The molecule has 3 rings (SSSR count). The van der Waals surface area contributed by atoms with Crippen molar-refractivity contribution in [2.75, 3.05) is 24.5 Å². The fourth-order valence-electron chi connectivity index (χ4n) is 2.98. The molecule has 2 fully saturated rings. The third kappa shape index (κ3) is 2.21. The first kappa shape index (κ1) is 12.2. The maximum absolute atomic E-state index is 6.09. The molecule has 0 saturated carbocycles. The summed E-state index contributed by atoms with van der Waals surface area (Å²) in [5.41, 5.74) is 2.38. The third-order valence-corrected chi connectivity index (χ3v) is 4.61. The van der Waals surface area contributed by atoms with Crippen LogP contribution in [0.2, 0.25) is 5.15 Å². The zero-order valence-corrected chi connectivity index (χ0v) is 11.6. The number of hydrogen-bond acceptors (Lipinski definition) is 3. The van der Waals surface area contributed by atoms with Crippen molar-refractivity contribution in [3.05, 3.63) is 23.0 Å². The third-order valence-electron chi connectivity index (χ3n) is 4.27. The Morgan fingerprint density at radius 2 is 2.44 bits per heavy atom. The SMILES string of the molecule is CCc1cc(N2CCC[C@H]3CN[C@H]3C2)cnc1Cl. The fourth-order valence-corrected chi connectivity index (χ4v) is 3.21. The van der Waals surface area contributed by atoms with E-state index in [1.54, 1.807) is 0 Å². The van der Waals surface area contributed by atoms with Crippen LogP contribution in [-0.4, -0.2) is 30.7 Å². The normalized spacial score (nSPS) is 27.3. The highest BCUT2D eigenvalue weighted by molar-refractivity contribution is 6.30. The minimum Gasteiger partial charge on any atom is -0.369 e. The van der Waals surface area contributed by atoms with Crippen LogP contribution in [0.15, 0.2) is 12.3 Å². The molecule has 0 aliphatic carbocycles. The van der Waals surface area contributed by atoms with Gasteiger partial charge in [-0.15, -0.1) is 0 Å². The fraction of sp³-hybridized carbons (Fsp3) is 0.643. The van der Waals surface area contributed by atoms with Gasteiger partial charge in [-0.25, -0.2) is 4.98 Å². The molecular formula is C14H20ClN3. The number of nitrogens with zero attached hydrogens (tertiary/aromatic N) is 2. The first-order chi connectivity index (χ1) is 8.78. The molecule has 0 unspecified atom stereocenters. The van der Waals surface area contributed by atoms with E-state index in [0.717, 1.165) is 31.0 Å². The Labute approximate surface area is 114 Å². The summed E-state index contributed by atoms with van der Waals surface area (Å²) in [5.74, 6) is 0.890. The number of nitrogens with one attached hydrogen (secondary N) is 1. The van der Waals surface area contributed by atoms with Crippen molar-refractivity contribution >= 4 is 17.3 Å². The van der Waals surface area contributed by atoms with Gasteiger partial charge in [-0.1, -0.05) is 18.5 Å². The van der Waals surface area contributed by atoms with Gasteiger partial charge in [0.05, 0.1) is 11.9 Å². The highest BCUT2D eigenvalue weighted by Crippen LogP contribution is 2.28. The number of halogens is 1. The zero-order chi connectivity index (χ0) is 12.5. The van der Waals surface area contributed by atoms with Crippen molar-refractivity contribution in [3.8, 4) is 0 Å². The van der Waals surface area contributed by atoms with Crippen molar-refractivity contribution in [2.24, 2.45) is 5.92 Å². The molecule has 4 heteroatoms. The summed E-state index contributed by atoms with van der Waals surface area (Å²) in [6.45, 7) is 5.58. The lowest BCUT2D eigenvalue weighted by Gasteiger charge is -2.38. The van der Waals surface area contributed by atoms with Gasteiger partial charge in [0.25, 0.3) is 0 Å². The van der Waals surface area contributed by atoms with Crippen LogP contribution in [0, 0.1) is 5.92 Å². The highest BCUT2D eigenvalue weighted by atomic mass is 35.5. The molecular weight excluding hydrogens is 246 g/mol. The number of fused-ring (bicyclic) bond motifs is 1. The second-order valence-electron chi connectivity index (χ2n) is 5.36. The smallest absolute Gasteiger partial charge is 0.132 e. The largest absolute Gasteiger partial charge is 0.369 e. The molecule has 1 aromatic heterocycles. The number of pyridine rings is 1. The van der Waals surface area contributed by atoms with Crippen molar-refractivity contribution in [1.82, 2.24) is 10.3 Å². The van der Waals surface area contributed by atoms with Crippen LogP contribution >= 0.6 is 11.6 Å². The van der Waals surface area contributed by atoms with Gasteiger partial charge in [-0.3, -0.25) is 0 Å². The number of rotatable bonds is 2. The van der Waals surface area contributed by atoms with Gasteiger partial charge < -0.3 is 10.2 Å². The summed E-state index contributed by atoms with van der Waals surface area (Å²) >= 11 is 6.09. The molecule has 98 valence electrons. The topological polar surface area (TPSA) is 28.2 Å². The van der Waals surface area contributed by atoms with Crippen molar-refractivity contribution in [3.63, 3.8) is 0 Å². The molecule has 1 N–H and O–H groups in total. The first-order valence-corrected chi connectivity index (χ1v) is 7.28. The van der Waals surface area contributed by atoms with Gasteiger partial charge in [0.2, 0.25) is 0 Å². The maximum Gasteiger partial charge on any atom is 0.132 e. The minimum atomic E-state index is 0.649. The summed E-state index contributed by atoms with van der Waals surface area (Å²) in [7, 11) is 0. The lowest BCUT2D eigenvalue weighted by atomic mass is 9.89. The van der Waals surface area contributed by atoms with Crippen LogP contribution < -0.4 is 10.2 Å². The number of hydrogen-bond donors (Lipinski definition) is 1. The summed E-state index contributed by atoms with van der Waals surface area (Å²) in [4.78, 5) is 6.78. The second-order valence-corrected chi connectivity index (χ2v) is 5.72. The van der Waals surface area contributed by atoms with Crippen molar-refractivity contribution in [2.45, 2.75) is 32.2 Å². The maximum atomic E-state index is 6.09. The minimum absolute atomic E-state index is 0.649. The quantitative estimate of drug-likeness (QED) is 0.833. The second kappa shape index (κ2) is 5.06. The van der Waals surface area contributed by atoms with Crippen LogP contribution in [-0.2, 0) is 6.42 Å². The van der Waals surface area contributed by atoms with Crippen LogP contribution in [0.5, 0.6) is 0 Å². The Kier molecular flexibility index (Phi) is 3.44. The van der Waals surface area contributed by atoms with Crippen molar-refractivity contribution < 1.29 is 0 Å². The van der Waals surface area contributed by atoms with E-state index in [2.05, 4.69) is 28.2 Å². The monoisotopic (exact) mass is 265 g/mol. The van der Waals surface area contributed by atoms with Gasteiger partial charge in [0, 0.05) is 19.1 Å². The molecule has 0 amide bonds. The molecule has 0 radical (unpaired) electrons. The lowest BCUT2D eigenvalue weighted by molar-refractivity contribution is 0.234. The van der Waals surface area contributed by atoms with Crippen LogP contribution in [0.4, 0.5) is 5.69 Å². The lowest BCUT2D eigenvalue weighted by Crippen LogP contribution is -2.56. The summed E-state index contributed by atoms with van der Waals surface area (Å²) in [6.07, 6.45) is 5.50. The molecule has 2 aliphatic rings. The van der Waals surface area contributed by atoms with Gasteiger partial charge in [-0.2, -0.15) is 0 Å². The molecule has 2 aliphatic heterocycles. The summed E-state index contributed by atoms with van der Waals surface area (Å²) < 4.78 is 0. The molecule has 2 saturated heterocycles. The van der Waals surface area contributed by atoms with Crippen LogP contribution in [0.1, 0.15) is 25.3 Å². The van der Waals surface area contributed by atoms with E-state index in [0.29, 0.717) is 11.2 Å². The van der Waals surface area contributed by atoms with Gasteiger partial charge in [-0.05, 0) is 43.4 Å². The van der Waals surface area contributed by atoms with E-state index in [-0.39, 0.29) is 0 Å². The average molecular weight is 266 g/mol. The zero-order valence-electron chi connectivity index (χ0n) is 10.8. The van der Waals surface area contributed by atoms with E-state index in [1.165, 1.54) is 25.1 Å². The molecule has 0 bridgehead atoms. The van der Waals surface area contributed by atoms with Crippen LogP contribution in [0.3, 0.4) is 0 Å². The van der Waals surface area contributed by atoms with E-state index >= 15 is 0 Å². The van der Waals surface area contributed by atoms with E-state index in [9.17, 15) is 0 Å². The Morgan fingerprint density at radius 3 is 3.17 bits per heavy atom. The Morgan fingerprint density at radius 1 is 1.56 bits per heavy atom. The van der Waals surface area contributed by atoms with Gasteiger partial charge >= 0.3 is 0 Å². The van der Waals surface area contributed by atoms with E-state index in [4.69, 9.17) is 11.6 Å². The molecule has 2 atom stereocenters. The summed E-state index contributed by atoms with van der Waals surface area (Å²) in [5, 5.41) is 4.19. The first-order valence-electron chi connectivity index (χ1n) is 6.90. The molecule has 0 aromatic carbocycles. The number of aryl methyl sites for hydroxylation is 1. The molecule has 3 heterocycles. The summed E-state index contributed by atoms with van der Waals surface area (Å²) in [6, 6.07) is 2.88. The van der Waals surface area contributed by atoms with E-state index < -0.39 is 0 Å². The molecule has 1 aromatic rings. The number of aromatic nitrogens is 1. The molecule has 3 nitrogen and oxygen atoms in total. The Balaban J connectivity index is 1.80.